The van der Waals surface area contributed by atoms with E-state index in [1.54, 1.807) is 0 Å². The van der Waals surface area contributed by atoms with E-state index in [0.717, 1.165) is 13.1 Å². The normalized spacial score (nSPS) is 11.8. The van der Waals surface area contributed by atoms with Crippen molar-refractivity contribution >= 4 is 0 Å². The maximum Gasteiger partial charge on any atom is 0.0701 e. The molecule has 0 aromatic heterocycles. The topological polar surface area (TPSA) is 6.48 Å². The van der Waals surface area contributed by atoms with Crippen molar-refractivity contribution in [1.82, 2.24) is 9.80 Å². The van der Waals surface area contributed by atoms with Gasteiger partial charge in [-0.15, -0.1) is 0 Å². The Labute approximate surface area is 199 Å². The average Bonchev–Trinajstić information content (AvgIpc) is 2.81. The third-order valence-electron chi connectivity index (χ3n) is 6.13. The maximum atomic E-state index is 2.39. The van der Waals surface area contributed by atoms with E-state index in [4.69, 9.17) is 0 Å². The van der Waals surface area contributed by atoms with Gasteiger partial charge < -0.3 is 9.80 Å². The summed E-state index contributed by atoms with van der Waals surface area (Å²) in [6.07, 6.45) is 0. The van der Waals surface area contributed by atoms with Gasteiger partial charge in [0.25, 0.3) is 0 Å². The first-order valence-electron chi connectivity index (χ1n) is 11.6. The van der Waals surface area contributed by atoms with E-state index in [-0.39, 0.29) is 0 Å². The van der Waals surface area contributed by atoms with Crippen LogP contribution in [-0.2, 0) is 18.5 Å². The smallest absolute Gasteiger partial charge is 0.0701 e. The van der Waals surface area contributed by atoms with Gasteiger partial charge in [-0.25, -0.2) is 0 Å². The molecule has 0 aliphatic carbocycles. The molecule has 2 nitrogen and oxygen atoms in total. The number of rotatable bonds is 8. The van der Waals surface area contributed by atoms with Gasteiger partial charge in [0, 0.05) is 13.1 Å². The van der Waals surface area contributed by atoms with Crippen LogP contribution < -0.4 is 0 Å². The lowest BCUT2D eigenvalue weighted by molar-refractivity contribution is 0.402. The molecule has 0 aliphatic heterocycles. The summed E-state index contributed by atoms with van der Waals surface area (Å²) in [4.78, 5) is 4.45. The van der Waals surface area contributed by atoms with Crippen molar-refractivity contribution in [2.24, 2.45) is 0 Å². The van der Waals surface area contributed by atoms with Crippen LogP contribution in [0.5, 0.6) is 0 Å². The fourth-order valence-electron chi connectivity index (χ4n) is 4.91. The second kappa shape index (κ2) is 10.2. The molecule has 0 heterocycles. The standard InChI is InChI=1S/C31H34N2/c1-32(2)23-25-13-11-19-29(21-25)31(27-15-7-5-8-16-27,28-17-9-6-10-18-28)30-20-12-14-26(22-30)24-33(3)4/h5-22H,23-24H2,1-4H3. The Morgan fingerprint density at radius 1 is 0.455 bits per heavy atom. The lowest BCUT2D eigenvalue weighted by atomic mass is 9.64. The summed E-state index contributed by atoms with van der Waals surface area (Å²) in [6, 6.07) is 40.1. The van der Waals surface area contributed by atoms with Crippen LogP contribution >= 0.6 is 0 Å². The van der Waals surface area contributed by atoms with Gasteiger partial charge >= 0.3 is 0 Å². The van der Waals surface area contributed by atoms with Gasteiger partial charge in [-0.05, 0) is 61.6 Å². The Kier molecular flexibility index (Phi) is 7.08. The van der Waals surface area contributed by atoms with Crippen LogP contribution in [-0.4, -0.2) is 38.0 Å². The van der Waals surface area contributed by atoms with Crippen LogP contribution in [0.2, 0.25) is 0 Å². The summed E-state index contributed by atoms with van der Waals surface area (Å²) in [5.41, 5.74) is 7.37. The van der Waals surface area contributed by atoms with Crippen molar-refractivity contribution in [3.63, 3.8) is 0 Å². The molecule has 4 rings (SSSR count). The molecule has 0 amide bonds. The van der Waals surface area contributed by atoms with Gasteiger partial charge in [0.05, 0.1) is 5.41 Å². The molecule has 4 aromatic carbocycles. The molecule has 4 aromatic rings. The molecule has 0 radical (unpaired) electrons. The minimum atomic E-state index is -0.410. The Bertz CT molecular complexity index is 1070. The molecule has 33 heavy (non-hydrogen) atoms. The molecule has 0 N–H and O–H groups in total. The third-order valence-corrected chi connectivity index (χ3v) is 6.13. The van der Waals surface area contributed by atoms with Crippen molar-refractivity contribution < 1.29 is 0 Å². The highest BCUT2D eigenvalue weighted by atomic mass is 15.1. The third kappa shape index (κ3) is 4.93. The van der Waals surface area contributed by atoms with Gasteiger partial charge in [-0.1, -0.05) is 109 Å². The van der Waals surface area contributed by atoms with Crippen LogP contribution in [0.4, 0.5) is 0 Å². The van der Waals surface area contributed by atoms with E-state index in [2.05, 4.69) is 147 Å². The minimum Gasteiger partial charge on any atom is -0.305 e. The molecular formula is C31H34N2. The number of benzene rings is 4. The first kappa shape index (κ1) is 23.0. The summed E-state index contributed by atoms with van der Waals surface area (Å²) in [5.74, 6) is 0. The Hall–Kier alpha value is -3.20. The highest BCUT2D eigenvalue weighted by Crippen LogP contribution is 2.45. The summed E-state index contributed by atoms with van der Waals surface area (Å²) >= 11 is 0. The fraction of sp³-hybridized carbons (Fsp3) is 0.226. The molecule has 168 valence electrons. The second-order valence-electron chi connectivity index (χ2n) is 9.36. The highest BCUT2D eigenvalue weighted by Gasteiger charge is 2.38. The van der Waals surface area contributed by atoms with E-state index >= 15 is 0 Å². The summed E-state index contributed by atoms with van der Waals surface area (Å²) in [5, 5.41) is 0. The van der Waals surface area contributed by atoms with Crippen LogP contribution in [0.15, 0.2) is 109 Å². The average molecular weight is 435 g/mol. The van der Waals surface area contributed by atoms with Gasteiger partial charge in [-0.2, -0.15) is 0 Å². The zero-order valence-corrected chi connectivity index (χ0v) is 20.2. The maximum absolute atomic E-state index is 2.39. The summed E-state index contributed by atoms with van der Waals surface area (Å²) in [6.45, 7) is 1.82. The van der Waals surface area contributed by atoms with Crippen molar-refractivity contribution in [1.29, 1.82) is 0 Å². The van der Waals surface area contributed by atoms with E-state index in [0.29, 0.717) is 0 Å². The number of hydrogen-bond donors (Lipinski definition) is 0. The fourth-order valence-corrected chi connectivity index (χ4v) is 4.91. The summed E-state index contributed by atoms with van der Waals surface area (Å²) in [7, 11) is 8.50. The largest absolute Gasteiger partial charge is 0.305 e. The van der Waals surface area contributed by atoms with E-state index in [9.17, 15) is 0 Å². The van der Waals surface area contributed by atoms with Crippen LogP contribution in [0.3, 0.4) is 0 Å². The van der Waals surface area contributed by atoms with Crippen LogP contribution in [0, 0.1) is 0 Å². The Balaban J connectivity index is 2.05. The minimum absolute atomic E-state index is 0.410. The lowest BCUT2D eigenvalue weighted by Gasteiger charge is -2.37. The van der Waals surface area contributed by atoms with Crippen LogP contribution in [0.1, 0.15) is 33.4 Å². The Morgan fingerprint density at radius 3 is 1.18 bits per heavy atom. The SMILES string of the molecule is CN(C)Cc1cccc(C(c2ccccc2)(c2ccccc2)c2cccc(CN(C)C)c2)c1. The quantitative estimate of drug-likeness (QED) is 0.305. The molecule has 0 fully saturated rings. The first-order chi connectivity index (χ1) is 16.0. The van der Waals surface area contributed by atoms with Crippen LogP contribution in [0.25, 0.3) is 0 Å². The molecule has 0 spiro atoms. The number of nitrogens with zero attached hydrogens (tertiary/aromatic N) is 2. The molecule has 0 unspecified atom stereocenters. The highest BCUT2D eigenvalue weighted by molar-refractivity contribution is 5.60. The summed E-state index contributed by atoms with van der Waals surface area (Å²) < 4.78 is 0. The van der Waals surface area contributed by atoms with E-state index in [1.165, 1.54) is 33.4 Å². The molecule has 2 heteroatoms. The van der Waals surface area contributed by atoms with Gasteiger partial charge in [0.15, 0.2) is 0 Å². The predicted molar refractivity (Wildman–Crippen MR) is 140 cm³/mol. The van der Waals surface area contributed by atoms with Crippen molar-refractivity contribution in [3.05, 3.63) is 143 Å². The molecule has 0 aliphatic rings. The molecule has 0 saturated heterocycles. The monoisotopic (exact) mass is 434 g/mol. The first-order valence-corrected chi connectivity index (χ1v) is 11.6. The molecule has 0 bridgehead atoms. The number of hydrogen-bond acceptors (Lipinski definition) is 2. The van der Waals surface area contributed by atoms with Gasteiger partial charge in [0.1, 0.15) is 0 Å². The van der Waals surface area contributed by atoms with Crippen molar-refractivity contribution in [3.8, 4) is 0 Å². The second-order valence-corrected chi connectivity index (χ2v) is 9.36. The van der Waals surface area contributed by atoms with Gasteiger partial charge in [0.2, 0.25) is 0 Å². The van der Waals surface area contributed by atoms with Gasteiger partial charge in [-0.3, -0.25) is 0 Å². The van der Waals surface area contributed by atoms with E-state index < -0.39 is 5.41 Å². The zero-order chi connectivity index (χ0) is 23.3. The molecule has 0 saturated carbocycles. The van der Waals surface area contributed by atoms with Crippen molar-refractivity contribution in [2.45, 2.75) is 18.5 Å². The zero-order valence-electron chi connectivity index (χ0n) is 20.2. The predicted octanol–water partition coefficient (Wildman–Crippen LogP) is 6.19. The van der Waals surface area contributed by atoms with E-state index in [1.807, 2.05) is 0 Å². The van der Waals surface area contributed by atoms with Crippen molar-refractivity contribution in [2.75, 3.05) is 28.2 Å². The molecular weight excluding hydrogens is 400 g/mol. The Morgan fingerprint density at radius 2 is 0.818 bits per heavy atom. The lowest BCUT2D eigenvalue weighted by Crippen LogP contribution is -2.31. The molecule has 0 atom stereocenters.